The van der Waals surface area contributed by atoms with Crippen LogP contribution in [-0.4, -0.2) is 9.78 Å². The molecule has 0 radical (unpaired) electrons. The summed E-state index contributed by atoms with van der Waals surface area (Å²) in [6.45, 7) is 9.32. The van der Waals surface area contributed by atoms with Crippen molar-refractivity contribution in [2.24, 2.45) is 11.8 Å². The first-order valence-electron chi connectivity index (χ1n) is 12.9. The molecule has 2 aliphatic carbocycles. The molecule has 2 aromatic rings. The van der Waals surface area contributed by atoms with Crippen molar-refractivity contribution in [2.45, 2.75) is 84.1 Å². The van der Waals surface area contributed by atoms with Gasteiger partial charge in [0, 0.05) is 29.3 Å². The van der Waals surface area contributed by atoms with Gasteiger partial charge in [-0.3, -0.25) is 4.68 Å². The zero-order valence-corrected chi connectivity index (χ0v) is 20.4. The Morgan fingerprint density at radius 3 is 2.52 bits per heavy atom. The van der Waals surface area contributed by atoms with Gasteiger partial charge in [-0.15, -0.1) is 6.58 Å². The van der Waals surface area contributed by atoms with Crippen LogP contribution in [0.25, 0.3) is 11.3 Å². The van der Waals surface area contributed by atoms with Crippen LogP contribution >= 0.6 is 0 Å². The number of rotatable bonds is 9. The molecule has 1 aromatic heterocycles. The number of allylic oxidation sites excluding steroid dienone is 5. The van der Waals surface area contributed by atoms with Gasteiger partial charge in [0.1, 0.15) is 5.83 Å². The number of benzene rings is 1. The van der Waals surface area contributed by atoms with Crippen LogP contribution in [0, 0.1) is 11.8 Å². The minimum absolute atomic E-state index is 0.0424. The summed E-state index contributed by atoms with van der Waals surface area (Å²) in [6.07, 6.45) is 16.1. The first-order chi connectivity index (χ1) is 16.1. The number of hydrogen-bond donors (Lipinski definition) is 0. The average Bonchev–Trinajstić information content (AvgIpc) is 3.18. The van der Waals surface area contributed by atoms with Crippen molar-refractivity contribution >= 4 is 0 Å². The first kappa shape index (κ1) is 23.7. The predicted molar refractivity (Wildman–Crippen MR) is 137 cm³/mol. The minimum atomic E-state index is -0.224. The lowest BCUT2D eigenvalue weighted by Crippen LogP contribution is -2.21. The van der Waals surface area contributed by atoms with Crippen LogP contribution in [0.4, 0.5) is 4.39 Å². The normalized spacial score (nSPS) is 22.9. The van der Waals surface area contributed by atoms with Gasteiger partial charge in [-0.2, -0.15) is 5.10 Å². The summed E-state index contributed by atoms with van der Waals surface area (Å²) in [5.41, 5.74) is 5.66. The smallest absolute Gasteiger partial charge is 0.108 e. The summed E-state index contributed by atoms with van der Waals surface area (Å²) in [7, 11) is 0. The molecular formula is C30H39FN2. The van der Waals surface area contributed by atoms with Crippen molar-refractivity contribution < 1.29 is 4.39 Å². The maximum Gasteiger partial charge on any atom is 0.108 e. The van der Waals surface area contributed by atoms with Crippen molar-refractivity contribution in [3.63, 3.8) is 0 Å². The zero-order valence-electron chi connectivity index (χ0n) is 20.4. The second-order valence-electron chi connectivity index (χ2n) is 10.1. The third-order valence-electron chi connectivity index (χ3n) is 7.54. The van der Waals surface area contributed by atoms with Gasteiger partial charge >= 0.3 is 0 Å². The van der Waals surface area contributed by atoms with Crippen LogP contribution in [-0.2, 0) is 13.0 Å². The van der Waals surface area contributed by atoms with Crippen molar-refractivity contribution in [3.05, 3.63) is 77.8 Å². The van der Waals surface area contributed by atoms with E-state index < -0.39 is 0 Å². The molecule has 0 amide bonds. The van der Waals surface area contributed by atoms with E-state index in [0.717, 1.165) is 35.7 Å². The fourth-order valence-corrected chi connectivity index (χ4v) is 5.71. The molecule has 2 aliphatic rings. The lowest BCUT2D eigenvalue weighted by molar-refractivity contribution is 0.233. The van der Waals surface area contributed by atoms with Gasteiger partial charge in [0.05, 0.1) is 5.69 Å². The highest BCUT2D eigenvalue weighted by Crippen LogP contribution is 2.41. The number of hydrogen-bond acceptors (Lipinski definition) is 1. The van der Waals surface area contributed by atoms with Gasteiger partial charge in [-0.05, 0) is 63.4 Å². The van der Waals surface area contributed by atoms with Crippen LogP contribution in [0.2, 0.25) is 0 Å². The van der Waals surface area contributed by atoms with Gasteiger partial charge in [-0.25, -0.2) is 4.39 Å². The van der Waals surface area contributed by atoms with E-state index in [2.05, 4.69) is 43.3 Å². The lowest BCUT2D eigenvalue weighted by Gasteiger charge is -2.29. The summed E-state index contributed by atoms with van der Waals surface area (Å²) in [4.78, 5) is 0. The fourth-order valence-electron chi connectivity index (χ4n) is 5.71. The molecule has 3 heteroatoms. The summed E-state index contributed by atoms with van der Waals surface area (Å²) >= 11 is 0. The molecule has 1 atom stereocenters. The maximum atomic E-state index is 15.0. The molecule has 1 aromatic carbocycles. The van der Waals surface area contributed by atoms with Crippen LogP contribution in [0.5, 0.6) is 0 Å². The van der Waals surface area contributed by atoms with Crippen molar-refractivity contribution in [3.8, 4) is 11.3 Å². The van der Waals surface area contributed by atoms with E-state index in [9.17, 15) is 4.39 Å². The molecule has 1 fully saturated rings. The second-order valence-corrected chi connectivity index (χ2v) is 10.1. The van der Waals surface area contributed by atoms with E-state index in [-0.39, 0.29) is 11.7 Å². The molecule has 0 saturated heterocycles. The van der Waals surface area contributed by atoms with Gasteiger partial charge in [0.15, 0.2) is 0 Å². The molecule has 4 rings (SSSR count). The Balaban J connectivity index is 1.54. The topological polar surface area (TPSA) is 17.8 Å². The van der Waals surface area contributed by atoms with Gasteiger partial charge in [-0.1, -0.05) is 74.2 Å². The standard InChI is InChI=1S/C30H39FN2/c1-4-28-29(26-15-8-9-16-27(26)31)30(25-13-6-5-7-14-25)32-33(28)21-24-19-17-23(18-20-24)12-10-11-22(2)3/h5-9,13-14,16,23-24,26H,2,4,10-12,15,17-21H2,1,3H3. The Labute approximate surface area is 199 Å². The van der Waals surface area contributed by atoms with E-state index in [4.69, 9.17) is 5.10 Å². The monoisotopic (exact) mass is 446 g/mol. The quantitative estimate of drug-likeness (QED) is 0.353. The fraction of sp³-hybridized carbons (Fsp3) is 0.500. The van der Waals surface area contributed by atoms with Gasteiger partial charge < -0.3 is 0 Å². The molecule has 0 aliphatic heterocycles. The van der Waals surface area contributed by atoms with E-state index in [0.29, 0.717) is 12.3 Å². The average molecular weight is 447 g/mol. The second kappa shape index (κ2) is 11.1. The summed E-state index contributed by atoms with van der Waals surface area (Å²) in [5.74, 6) is 1.26. The van der Waals surface area contributed by atoms with Crippen LogP contribution in [0.15, 0.2) is 66.5 Å². The predicted octanol–water partition coefficient (Wildman–Crippen LogP) is 8.56. The lowest BCUT2D eigenvalue weighted by atomic mass is 9.79. The van der Waals surface area contributed by atoms with E-state index in [1.807, 2.05) is 24.3 Å². The Bertz CT molecular complexity index is 990. The Morgan fingerprint density at radius 1 is 1.12 bits per heavy atom. The van der Waals surface area contributed by atoms with Crippen molar-refractivity contribution in [2.75, 3.05) is 0 Å². The third kappa shape index (κ3) is 5.75. The Hall–Kier alpha value is -2.42. The summed E-state index contributed by atoms with van der Waals surface area (Å²) < 4.78 is 17.2. The molecule has 0 spiro atoms. The van der Waals surface area contributed by atoms with E-state index in [1.165, 1.54) is 56.2 Å². The highest BCUT2D eigenvalue weighted by atomic mass is 19.1. The molecule has 1 heterocycles. The Kier molecular flexibility index (Phi) is 8.01. The highest BCUT2D eigenvalue weighted by molar-refractivity contribution is 5.66. The molecule has 176 valence electrons. The van der Waals surface area contributed by atoms with E-state index >= 15 is 0 Å². The summed E-state index contributed by atoms with van der Waals surface area (Å²) in [5, 5.41) is 5.13. The maximum absolute atomic E-state index is 15.0. The minimum Gasteiger partial charge on any atom is -0.268 e. The molecule has 0 bridgehead atoms. The van der Waals surface area contributed by atoms with Crippen LogP contribution < -0.4 is 0 Å². The zero-order chi connectivity index (χ0) is 23.2. The highest BCUT2D eigenvalue weighted by Gasteiger charge is 2.30. The van der Waals surface area contributed by atoms with Gasteiger partial charge in [0.25, 0.3) is 0 Å². The molecule has 2 nitrogen and oxygen atoms in total. The molecule has 33 heavy (non-hydrogen) atoms. The van der Waals surface area contributed by atoms with Crippen molar-refractivity contribution in [1.29, 1.82) is 0 Å². The SMILES string of the molecule is C=C(C)CCCC1CCC(Cn2nc(-c3ccccc3)c(C3CC=CC=C3F)c2CC)CC1. The summed E-state index contributed by atoms with van der Waals surface area (Å²) in [6, 6.07) is 10.3. The number of halogens is 1. The van der Waals surface area contributed by atoms with Gasteiger partial charge in [0.2, 0.25) is 0 Å². The molecule has 0 N–H and O–H groups in total. The molecule has 1 saturated carbocycles. The van der Waals surface area contributed by atoms with Crippen molar-refractivity contribution in [1.82, 2.24) is 9.78 Å². The third-order valence-corrected chi connectivity index (χ3v) is 7.54. The molecular weight excluding hydrogens is 407 g/mol. The molecule has 1 unspecified atom stereocenters. The number of nitrogens with zero attached hydrogens (tertiary/aromatic N) is 2. The van der Waals surface area contributed by atoms with Crippen LogP contribution in [0.1, 0.15) is 82.4 Å². The largest absolute Gasteiger partial charge is 0.268 e. The number of aromatic nitrogens is 2. The Morgan fingerprint density at radius 2 is 1.85 bits per heavy atom. The first-order valence-corrected chi connectivity index (χ1v) is 12.9. The van der Waals surface area contributed by atoms with E-state index in [1.54, 1.807) is 6.08 Å². The van der Waals surface area contributed by atoms with Crippen LogP contribution in [0.3, 0.4) is 0 Å².